The van der Waals surface area contributed by atoms with E-state index in [1.54, 1.807) is 12.1 Å². The van der Waals surface area contributed by atoms with Crippen LogP contribution in [0.5, 0.6) is 0 Å². The Balaban J connectivity index is 1.71. The summed E-state index contributed by atoms with van der Waals surface area (Å²) in [5.41, 5.74) is 5.82. The number of likely N-dealkylation sites (tertiary alicyclic amines) is 2. The lowest BCUT2D eigenvalue weighted by Gasteiger charge is -2.35. The zero-order valence-electron chi connectivity index (χ0n) is 14.1. The number of urea groups is 1. The SMILES string of the molecule is NC(=O)N1CCCC(C(=O)N2CCCC2Cc2c(F)cccc2Cl)C1. The number of nitrogens with zero attached hydrogens (tertiary/aromatic N) is 2. The first-order valence-corrected chi connectivity index (χ1v) is 9.13. The molecule has 1 aromatic rings. The molecule has 2 aliphatic rings. The summed E-state index contributed by atoms with van der Waals surface area (Å²) in [6.45, 7) is 1.65. The molecule has 0 aliphatic carbocycles. The molecule has 2 atom stereocenters. The number of hydrogen-bond donors (Lipinski definition) is 1. The van der Waals surface area contributed by atoms with Crippen molar-refractivity contribution in [1.82, 2.24) is 9.80 Å². The Morgan fingerprint density at radius 3 is 2.72 bits per heavy atom. The van der Waals surface area contributed by atoms with Crippen molar-refractivity contribution < 1.29 is 14.0 Å². The van der Waals surface area contributed by atoms with Crippen LogP contribution in [-0.2, 0) is 11.2 Å². The van der Waals surface area contributed by atoms with Crippen molar-refractivity contribution in [3.05, 3.63) is 34.6 Å². The molecule has 25 heavy (non-hydrogen) atoms. The fourth-order valence-electron chi connectivity index (χ4n) is 3.91. The molecule has 0 saturated carbocycles. The van der Waals surface area contributed by atoms with Gasteiger partial charge in [0, 0.05) is 36.3 Å². The fraction of sp³-hybridized carbons (Fsp3) is 0.556. The molecule has 7 heteroatoms. The van der Waals surface area contributed by atoms with Gasteiger partial charge in [-0.3, -0.25) is 4.79 Å². The second-order valence-corrected chi connectivity index (χ2v) is 7.26. The third-order valence-corrected chi connectivity index (χ3v) is 5.60. The van der Waals surface area contributed by atoms with E-state index in [4.69, 9.17) is 17.3 Å². The number of halogens is 2. The van der Waals surface area contributed by atoms with Crippen LogP contribution in [0.3, 0.4) is 0 Å². The van der Waals surface area contributed by atoms with Crippen LogP contribution in [0.4, 0.5) is 9.18 Å². The first kappa shape index (κ1) is 18.0. The Labute approximate surface area is 151 Å². The topological polar surface area (TPSA) is 66.6 Å². The minimum Gasteiger partial charge on any atom is -0.351 e. The minimum atomic E-state index is -0.478. The van der Waals surface area contributed by atoms with E-state index in [0.29, 0.717) is 36.6 Å². The monoisotopic (exact) mass is 367 g/mol. The highest BCUT2D eigenvalue weighted by molar-refractivity contribution is 6.31. The average molecular weight is 368 g/mol. The van der Waals surface area contributed by atoms with Crippen LogP contribution in [0.15, 0.2) is 18.2 Å². The van der Waals surface area contributed by atoms with Crippen LogP contribution in [0.1, 0.15) is 31.2 Å². The molecular weight excluding hydrogens is 345 g/mol. The second-order valence-electron chi connectivity index (χ2n) is 6.86. The number of amides is 3. The van der Waals surface area contributed by atoms with Crippen molar-refractivity contribution in [1.29, 1.82) is 0 Å². The minimum absolute atomic E-state index is 0.0425. The number of hydrogen-bond acceptors (Lipinski definition) is 2. The Morgan fingerprint density at radius 1 is 1.24 bits per heavy atom. The second kappa shape index (κ2) is 7.60. The average Bonchev–Trinajstić information content (AvgIpc) is 3.06. The molecule has 3 amide bonds. The molecule has 0 bridgehead atoms. The number of piperidine rings is 1. The first-order valence-electron chi connectivity index (χ1n) is 8.75. The summed E-state index contributed by atoms with van der Waals surface area (Å²) in [7, 11) is 0. The molecule has 2 heterocycles. The predicted octanol–water partition coefficient (Wildman–Crippen LogP) is 2.80. The van der Waals surface area contributed by atoms with Crippen LogP contribution in [0, 0.1) is 11.7 Å². The number of primary amides is 1. The normalized spacial score (nSPS) is 23.8. The quantitative estimate of drug-likeness (QED) is 0.892. The Hall–Kier alpha value is -1.82. The van der Waals surface area contributed by atoms with Gasteiger partial charge in [-0.15, -0.1) is 0 Å². The van der Waals surface area contributed by atoms with E-state index in [1.807, 2.05) is 4.90 Å². The van der Waals surface area contributed by atoms with Gasteiger partial charge in [0.25, 0.3) is 0 Å². The predicted molar refractivity (Wildman–Crippen MR) is 93.7 cm³/mol. The molecule has 2 N–H and O–H groups in total. The van der Waals surface area contributed by atoms with Gasteiger partial charge in [-0.1, -0.05) is 17.7 Å². The zero-order valence-corrected chi connectivity index (χ0v) is 14.8. The molecule has 136 valence electrons. The number of carbonyl (C=O) groups is 2. The van der Waals surface area contributed by atoms with Crippen LogP contribution >= 0.6 is 11.6 Å². The summed E-state index contributed by atoms with van der Waals surface area (Å²) < 4.78 is 14.1. The lowest BCUT2D eigenvalue weighted by Crippen LogP contribution is -2.49. The molecule has 3 rings (SSSR count). The third-order valence-electron chi connectivity index (χ3n) is 5.24. The summed E-state index contributed by atoms with van der Waals surface area (Å²) in [6.07, 6.45) is 3.68. The number of carbonyl (C=O) groups excluding carboxylic acids is 2. The lowest BCUT2D eigenvalue weighted by atomic mass is 9.95. The van der Waals surface area contributed by atoms with Gasteiger partial charge in [-0.25, -0.2) is 9.18 Å². The Kier molecular flexibility index (Phi) is 5.47. The summed E-state index contributed by atoms with van der Waals surface area (Å²) in [6, 6.07) is 4.12. The molecule has 1 aromatic carbocycles. The lowest BCUT2D eigenvalue weighted by molar-refractivity contribution is -0.137. The van der Waals surface area contributed by atoms with Crippen molar-refractivity contribution in [2.24, 2.45) is 11.7 Å². The smallest absolute Gasteiger partial charge is 0.314 e. The molecule has 2 fully saturated rings. The standard InChI is InChI=1S/C18H23ClFN3O2/c19-15-6-1-7-16(20)14(15)10-13-5-3-9-23(13)17(24)12-4-2-8-22(11-12)18(21)25/h1,6-7,12-13H,2-5,8-11H2,(H2,21,25). The van der Waals surface area contributed by atoms with Crippen LogP contribution in [0.25, 0.3) is 0 Å². The first-order chi connectivity index (χ1) is 12.0. The van der Waals surface area contributed by atoms with Crippen molar-refractivity contribution >= 4 is 23.5 Å². The molecule has 2 saturated heterocycles. The summed E-state index contributed by atoms with van der Waals surface area (Å²) in [4.78, 5) is 27.7. The van der Waals surface area contributed by atoms with E-state index in [2.05, 4.69) is 0 Å². The highest BCUT2D eigenvalue weighted by Gasteiger charge is 2.36. The summed E-state index contributed by atoms with van der Waals surface area (Å²) in [5.74, 6) is -0.511. The highest BCUT2D eigenvalue weighted by atomic mass is 35.5. The van der Waals surface area contributed by atoms with Crippen molar-refractivity contribution in [2.75, 3.05) is 19.6 Å². The molecule has 0 spiro atoms. The molecule has 5 nitrogen and oxygen atoms in total. The van der Waals surface area contributed by atoms with Gasteiger partial charge >= 0.3 is 6.03 Å². The van der Waals surface area contributed by atoms with Crippen LogP contribution in [-0.4, -0.2) is 47.4 Å². The third kappa shape index (κ3) is 3.89. The van der Waals surface area contributed by atoms with Crippen LogP contribution in [0.2, 0.25) is 5.02 Å². The van der Waals surface area contributed by atoms with E-state index in [0.717, 1.165) is 25.7 Å². The number of benzene rings is 1. The maximum atomic E-state index is 14.1. The summed E-state index contributed by atoms with van der Waals surface area (Å²) in [5, 5.41) is 0.400. The van der Waals surface area contributed by atoms with Crippen molar-refractivity contribution in [2.45, 2.75) is 38.1 Å². The molecule has 0 aromatic heterocycles. The maximum absolute atomic E-state index is 14.1. The van der Waals surface area contributed by atoms with E-state index in [9.17, 15) is 14.0 Å². The van der Waals surface area contributed by atoms with E-state index < -0.39 is 6.03 Å². The fourth-order valence-corrected chi connectivity index (χ4v) is 4.15. The van der Waals surface area contributed by atoms with Gasteiger partial charge in [-0.05, 0) is 44.2 Å². The molecule has 0 radical (unpaired) electrons. The van der Waals surface area contributed by atoms with E-state index in [-0.39, 0.29) is 23.7 Å². The van der Waals surface area contributed by atoms with Gasteiger partial charge in [0.2, 0.25) is 5.91 Å². The van der Waals surface area contributed by atoms with Crippen molar-refractivity contribution in [3.63, 3.8) is 0 Å². The molecule has 2 unspecified atom stereocenters. The zero-order chi connectivity index (χ0) is 18.0. The van der Waals surface area contributed by atoms with Gasteiger partial charge < -0.3 is 15.5 Å². The van der Waals surface area contributed by atoms with Gasteiger partial charge in [0.1, 0.15) is 5.82 Å². The Bertz CT molecular complexity index is 649. The van der Waals surface area contributed by atoms with Gasteiger partial charge in [-0.2, -0.15) is 0 Å². The number of nitrogens with two attached hydrogens (primary N) is 1. The van der Waals surface area contributed by atoms with Gasteiger partial charge in [0.15, 0.2) is 0 Å². The van der Waals surface area contributed by atoms with Crippen molar-refractivity contribution in [3.8, 4) is 0 Å². The largest absolute Gasteiger partial charge is 0.351 e. The molecular formula is C18H23ClFN3O2. The Morgan fingerprint density at radius 2 is 2.00 bits per heavy atom. The highest BCUT2D eigenvalue weighted by Crippen LogP contribution is 2.29. The maximum Gasteiger partial charge on any atom is 0.314 e. The summed E-state index contributed by atoms with van der Waals surface area (Å²) >= 11 is 6.14. The van der Waals surface area contributed by atoms with E-state index in [1.165, 1.54) is 11.0 Å². The van der Waals surface area contributed by atoms with Crippen LogP contribution < -0.4 is 5.73 Å². The van der Waals surface area contributed by atoms with Gasteiger partial charge in [0.05, 0.1) is 5.92 Å². The molecule has 2 aliphatic heterocycles. The van der Waals surface area contributed by atoms with E-state index >= 15 is 0 Å². The number of rotatable bonds is 3.